The van der Waals surface area contributed by atoms with Crippen LogP contribution in [0.25, 0.3) is 11.4 Å². The van der Waals surface area contributed by atoms with Crippen molar-refractivity contribution >= 4 is 0 Å². The Morgan fingerprint density at radius 2 is 1.94 bits per heavy atom. The number of nitrogens with zero attached hydrogens (tertiary/aromatic N) is 3. The average Bonchev–Trinajstić information content (AvgIpc) is 2.89. The minimum absolute atomic E-state index is 0.919. The number of nitrogens with one attached hydrogen (secondary N) is 2. The molecule has 2 aromatic heterocycles. The van der Waals surface area contributed by atoms with Crippen LogP contribution in [-0.2, 0) is 6.54 Å². The van der Waals surface area contributed by atoms with Gasteiger partial charge in [-0.1, -0.05) is 0 Å². The molecule has 2 N–H and O–H groups in total. The second-order valence-electron chi connectivity index (χ2n) is 4.52. The summed E-state index contributed by atoms with van der Waals surface area (Å²) >= 11 is 0. The van der Waals surface area contributed by atoms with Crippen LogP contribution >= 0.6 is 0 Å². The molecule has 0 amide bonds. The summed E-state index contributed by atoms with van der Waals surface area (Å²) in [6.07, 6.45) is 5.50. The van der Waals surface area contributed by atoms with Crippen LogP contribution in [0.15, 0.2) is 30.7 Å². The SMILES string of the molecule is c1cc(-c2ncc(CN3CCNCC3)[nH]2)ccn1. The van der Waals surface area contributed by atoms with Crippen molar-refractivity contribution < 1.29 is 0 Å². The van der Waals surface area contributed by atoms with Crippen LogP contribution in [0.4, 0.5) is 0 Å². The zero-order valence-corrected chi connectivity index (χ0v) is 10.3. The molecule has 2 aromatic rings. The Hall–Kier alpha value is -1.72. The molecule has 1 aliphatic heterocycles. The normalized spacial score (nSPS) is 16.9. The van der Waals surface area contributed by atoms with E-state index in [1.165, 1.54) is 5.69 Å². The minimum atomic E-state index is 0.919. The third-order valence-corrected chi connectivity index (χ3v) is 3.19. The second kappa shape index (κ2) is 5.29. The topological polar surface area (TPSA) is 56.8 Å². The van der Waals surface area contributed by atoms with Crippen LogP contribution in [0.3, 0.4) is 0 Å². The van der Waals surface area contributed by atoms with Gasteiger partial charge in [0.15, 0.2) is 0 Å². The van der Waals surface area contributed by atoms with E-state index in [4.69, 9.17) is 0 Å². The largest absolute Gasteiger partial charge is 0.341 e. The van der Waals surface area contributed by atoms with Crippen molar-refractivity contribution in [2.75, 3.05) is 26.2 Å². The van der Waals surface area contributed by atoms with Gasteiger partial charge in [0.2, 0.25) is 0 Å². The number of hydrogen-bond acceptors (Lipinski definition) is 4. The summed E-state index contributed by atoms with van der Waals surface area (Å²) in [7, 11) is 0. The van der Waals surface area contributed by atoms with E-state index < -0.39 is 0 Å². The van der Waals surface area contributed by atoms with Gasteiger partial charge in [0.25, 0.3) is 0 Å². The summed E-state index contributed by atoms with van der Waals surface area (Å²) in [6, 6.07) is 3.93. The van der Waals surface area contributed by atoms with E-state index in [0.29, 0.717) is 0 Å². The van der Waals surface area contributed by atoms with Crippen LogP contribution in [0.1, 0.15) is 5.69 Å². The van der Waals surface area contributed by atoms with Crippen molar-refractivity contribution in [2.45, 2.75) is 6.54 Å². The van der Waals surface area contributed by atoms with Gasteiger partial charge in [-0.05, 0) is 12.1 Å². The van der Waals surface area contributed by atoms with Gasteiger partial charge >= 0.3 is 0 Å². The molecular weight excluding hydrogens is 226 g/mol. The molecule has 94 valence electrons. The predicted molar refractivity (Wildman–Crippen MR) is 70.0 cm³/mol. The van der Waals surface area contributed by atoms with E-state index in [1.54, 1.807) is 12.4 Å². The summed E-state index contributed by atoms with van der Waals surface area (Å²) in [6.45, 7) is 5.30. The number of pyridine rings is 1. The maximum absolute atomic E-state index is 4.43. The number of aromatic amines is 1. The quantitative estimate of drug-likeness (QED) is 0.840. The van der Waals surface area contributed by atoms with Crippen LogP contribution in [0.5, 0.6) is 0 Å². The Balaban J connectivity index is 1.69. The maximum atomic E-state index is 4.43. The molecule has 0 saturated carbocycles. The number of imidazole rings is 1. The fraction of sp³-hybridized carbons (Fsp3) is 0.385. The standard InChI is InChI=1S/C13H17N5/c1-3-14-4-2-11(1)13-16-9-12(17-13)10-18-7-5-15-6-8-18/h1-4,9,15H,5-8,10H2,(H,16,17). The molecule has 5 heteroatoms. The lowest BCUT2D eigenvalue weighted by atomic mass is 10.2. The Kier molecular flexibility index (Phi) is 3.34. The van der Waals surface area contributed by atoms with Gasteiger partial charge in [0, 0.05) is 62.6 Å². The Bertz CT molecular complexity index is 487. The maximum Gasteiger partial charge on any atom is 0.137 e. The molecule has 3 heterocycles. The molecule has 18 heavy (non-hydrogen) atoms. The molecule has 0 radical (unpaired) electrons. The lowest BCUT2D eigenvalue weighted by Gasteiger charge is -2.26. The molecule has 0 unspecified atom stereocenters. The monoisotopic (exact) mass is 243 g/mol. The minimum Gasteiger partial charge on any atom is -0.341 e. The van der Waals surface area contributed by atoms with Gasteiger partial charge in [-0.15, -0.1) is 0 Å². The molecule has 1 aliphatic rings. The smallest absolute Gasteiger partial charge is 0.137 e. The summed E-state index contributed by atoms with van der Waals surface area (Å²) in [5.74, 6) is 0.919. The first-order valence-electron chi connectivity index (χ1n) is 6.29. The van der Waals surface area contributed by atoms with Gasteiger partial charge < -0.3 is 10.3 Å². The van der Waals surface area contributed by atoms with E-state index in [1.807, 2.05) is 18.3 Å². The molecule has 1 fully saturated rings. The average molecular weight is 243 g/mol. The van der Waals surface area contributed by atoms with Gasteiger partial charge in [0.1, 0.15) is 5.82 Å². The Morgan fingerprint density at radius 1 is 1.17 bits per heavy atom. The summed E-state index contributed by atoms with van der Waals surface area (Å²) < 4.78 is 0. The van der Waals surface area contributed by atoms with Crippen molar-refractivity contribution in [1.29, 1.82) is 0 Å². The van der Waals surface area contributed by atoms with Crippen LogP contribution < -0.4 is 5.32 Å². The third kappa shape index (κ3) is 2.57. The molecule has 5 nitrogen and oxygen atoms in total. The lowest BCUT2D eigenvalue weighted by Crippen LogP contribution is -2.42. The fourth-order valence-corrected chi connectivity index (χ4v) is 2.21. The predicted octanol–water partition coefficient (Wildman–Crippen LogP) is 0.877. The van der Waals surface area contributed by atoms with E-state index in [9.17, 15) is 0 Å². The van der Waals surface area contributed by atoms with E-state index in [2.05, 4.69) is 25.2 Å². The lowest BCUT2D eigenvalue weighted by molar-refractivity contribution is 0.231. The molecule has 0 aliphatic carbocycles. The van der Waals surface area contributed by atoms with Crippen molar-refractivity contribution in [3.8, 4) is 11.4 Å². The fourth-order valence-electron chi connectivity index (χ4n) is 2.21. The molecule has 0 bridgehead atoms. The number of aromatic nitrogens is 3. The van der Waals surface area contributed by atoms with Gasteiger partial charge in [-0.25, -0.2) is 4.98 Å². The molecular formula is C13H17N5. The Labute approximate surface area is 106 Å². The highest BCUT2D eigenvalue weighted by atomic mass is 15.2. The highest BCUT2D eigenvalue weighted by Crippen LogP contribution is 2.14. The van der Waals surface area contributed by atoms with Crippen LogP contribution in [-0.4, -0.2) is 46.0 Å². The zero-order chi connectivity index (χ0) is 12.2. The van der Waals surface area contributed by atoms with Gasteiger partial charge in [-0.2, -0.15) is 0 Å². The van der Waals surface area contributed by atoms with Crippen molar-refractivity contribution in [3.63, 3.8) is 0 Å². The Morgan fingerprint density at radius 3 is 2.72 bits per heavy atom. The molecule has 0 atom stereocenters. The summed E-state index contributed by atoms with van der Waals surface area (Å²) in [5.41, 5.74) is 2.25. The first-order valence-corrected chi connectivity index (χ1v) is 6.29. The first-order chi connectivity index (χ1) is 8.92. The second-order valence-corrected chi connectivity index (χ2v) is 4.52. The van der Waals surface area contributed by atoms with E-state index in [0.717, 1.165) is 44.1 Å². The molecule has 0 aromatic carbocycles. The number of rotatable bonds is 3. The van der Waals surface area contributed by atoms with Crippen molar-refractivity contribution in [1.82, 2.24) is 25.2 Å². The third-order valence-electron chi connectivity index (χ3n) is 3.19. The number of H-pyrrole nitrogens is 1. The highest BCUT2D eigenvalue weighted by molar-refractivity contribution is 5.53. The van der Waals surface area contributed by atoms with E-state index >= 15 is 0 Å². The van der Waals surface area contributed by atoms with Crippen LogP contribution in [0.2, 0.25) is 0 Å². The molecule has 3 rings (SSSR count). The summed E-state index contributed by atoms with van der Waals surface area (Å²) in [4.78, 5) is 14.2. The van der Waals surface area contributed by atoms with Crippen molar-refractivity contribution in [3.05, 3.63) is 36.4 Å². The number of piperazine rings is 1. The highest BCUT2D eigenvalue weighted by Gasteiger charge is 2.11. The van der Waals surface area contributed by atoms with E-state index in [-0.39, 0.29) is 0 Å². The van der Waals surface area contributed by atoms with Crippen molar-refractivity contribution in [2.24, 2.45) is 0 Å². The molecule has 0 spiro atoms. The first kappa shape index (κ1) is 11.4. The van der Waals surface area contributed by atoms with Crippen LogP contribution in [0, 0.1) is 0 Å². The molecule has 1 saturated heterocycles. The zero-order valence-electron chi connectivity index (χ0n) is 10.3. The van der Waals surface area contributed by atoms with Gasteiger partial charge in [0.05, 0.1) is 0 Å². The number of hydrogen-bond donors (Lipinski definition) is 2. The summed E-state index contributed by atoms with van der Waals surface area (Å²) in [5, 5.41) is 3.36. The van der Waals surface area contributed by atoms with Gasteiger partial charge in [-0.3, -0.25) is 9.88 Å².